The Hall–Kier alpha value is -3.63. The van der Waals surface area contributed by atoms with Crippen molar-refractivity contribution in [3.63, 3.8) is 0 Å². The van der Waals surface area contributed by atoms with Crippen LogP contribution in [0.1, 0.15) is 16.1 Å². The molecule has 2 aromatic carbocycles. The van der Waals surface area contributed by atoms with Gasteiger partial charge >= 0.3 is 0 Å². The molecule has 0 radical (unpaired) electrons. The molecule has 0 bridgehead atoms. The highest BCUT2D eigenvalue weighted by Crippen LogP contribution is 2.37. The van der Waals surface area contributed by atoms with E-state index in [1.807, 2.05) is 0 Å². The first-order valence-corrected chi connectivity index (χ1v) is 9.50. The van der Waals surface area contributed by atoms with Crippen LogP contribution in [-0.2, 0) is 4.79 Å². The Kier molecular flexibility index (Phi) is 5.25. The summed E-state index contributed by atoms with van der Waals surface area (Å²) in [5.41, 5.74) is 1.57. The van der Waals surface area contributed by atoms with Gasteiger partial charge < -0.3 is 14.6 Å². The third-order valence-electron chi connectivity index (χ3n) is 4.75. The highest BCUT2D eigenvalue weighted by molar-refractivity contribution is 6.30. The van der Waals surface area contributed by atoms with Crippen LogP contribution in [0.3, 0.4) is 0 Å². The number of nitrogens with zero attached hydrogens (tertiary/aromatic N) is 2. The van der Waals surface area contributed by atoms with Crippen molar-refractivity contribution in [3.05, 3.63) is 70.7 Å². The molecule has 1 N–H and O–H groups in total. The van der Waals surface area contributed by atoms with Crippen LogP contribution in [0, 0.1) is 17.1 Å². The molecule has 8 heteroatoms. The highest BCUT2D eigenvalue weighted by Gasteiger charge is 2.27. The lowest BCUT2D eigenvalue weighted by Crippen LogP contribution is -2.49. The van der Waals surface area contributed by atoms with Gasteiger partial charge in [-0.15, -0.1) is 0 Å². The molecule has 0 unspecified atom stereocenters. The van der Waals surface area contributed by atoms with Crippen LogP contribution < -0.4 is 5.32 Å². The molecule has 6 nitrogen and oxygen atoms in total. The second kappa shape index (κ2) is 8.01. The number of nitriles is 1. The van der Waals surface area contributed by atoms with Gasteiger partial charge in [0.05, 0.1) is 5.56 Å². The van der Waals surface area contributed by atoms with Crippen LogP contribution in [0.5, 0.6) is 0 Å². The molecule has 0 atom stereocenters. The number of halogens is 2. The number of piperazine rings is 1. The van der Waals surface area contributed by atoms with Crippen LogP contribution in [-0.4, -0.2) is 36.3 Å². The first-order chi connectivity index (χ1) is 14.5. The van der Waals surface area contributed by atoms with E-state index in [4.69, 9.17) is 21.3 Å². The maximum absolute atomic E-state index is 13.8. The Labute approximate surface area is 176 Å². The second-order valence-corrected chi connectivity index (χ2v) is 7.18. The van der Waals surface area contributed by atoms with Gasteiger partial charge in [-0.05, 0) is 42.0 Å². The molecule has 1 aliphatic rings. The Morgan fingerprint density at radius 2 is 2.03 bits per heavy atom. The Bertz CT molecular complexity index is 1200. The third kappa shape index (κ3) is 3.78. The second-order valence-electron chi connectivity index (χ2n) is 6.75. The van der Waals surface area contributed by atoms with Crippen molar-refractivity contribution in [3.8, 4) is 28.5 Å². The lowest BCUT2D eigenvalue weighted by molar-refractivity contribution is -0.123. The van der Waals surface area contributed by atoms with E-state index in [-0.39, 0.29) is 23.8 Å². The zero-order chi connectivity index (χ0) is 21.3. The number of nitrogens with one attached hydrogen (secondary N) is 1. The summed E-state index contributed by atoms with van der Waals surface area (Å²) >= 11 is 6.13. The minimum Gasteiger partial charge on any atom is -0.450 e. The summed E-state index contributed by atoms with van der Waals surface area (Å²) in [6.45, 7) is 0.668. The first kappa shape index (κ1) is 19.7. The maximum atomic E-state index is 13.8. The zero-order valence-corrected chi connectivity index (χ0v) is 16.4. The standard InChI is InChI=1S/C22H15ClFN3O3/c23-16-3-1-2-13(9-16)17-10-19(22(29)27-7-6-26-20(28)12-27)30-21(17)14-4-5-18(24)15(8-14)11-25/h1-5,8-10H,6-7,12H2,(H,26,28). The number of hydrogen-bond donors (Lipinski definition) is 1. The van der Waals surface area contributed by atoms with Crippen LogP contribution >= 0.6 is 11.6 Å². The fourth-order valence-corrected chi connectivity index (χ4v) is 3.49. The van der Waals surface area contributed by atoms with Crippen LogP contribution in [0.25, 0.3) is 22.5 Å². The van der Waals surface area contributed by atoms with E-state index < -0.39 is 11.7 Å². The molecule has 1 aliphatic heterocycles. The highest BCUT2D eigenvalue weighted by atomic mass is 35.5. The molecule has 1 aromatic heterocycles. The molecule has 2 heterocycles. The summed E-state index contributed by atoms with van der Waals surface area (Å²) in [4.78, 5) is 26.0. The van der Waals surface area contributed by atoms with Gasteiger partial charge in [-0.3, -0.25) is 9.59 Å². The molecule has 150 valence electrons. The van der Waals surface area contributed by atoms with Crippen molar-refractivity contribution in [2.24, 2.45) is 0 Å². The van der Waals surface area contributed by atoms with Gasteiger partial charge in [-0.2, -0.15) is 5.26 Å². The van der Waals surface area contributed by atoms with Crippen molar-refractivity contribution >= 4 is 23.4 Å². The van der Waals surface area contributed by atoms with Gasteiger partial charge in [0.2, 0.25) is 5.91 Å². The van der Waals surface area contributed by atoms with Gasteiger partial charge in [0.1, 0.15) is 24.2 Å². The quantitative estimate of drug-likeness (QED) is 0.693. The Morgan fingerprint density at radius 3 is 2.77 bits per heavy atom. The molecular weight excluding hydrogens is 409 g/mol. The van der Waals surface area contributed by atoms with E-state index in [9.17, 15) is 14.0 Å². The summed E-state index contributed by atoms with van der Waals surface area (Å²) in [5.74, 6) is -0.973. The van der Waals surface area contributed by atoms with Crippen molar-refractivity contribution in [1.82, 2.24) is 10.2 Å². The summed E-state index contributed by atoms with van der Waals surface area (Å²) in [7, 11) is 0. The Balaban J connectivity index is 1.83. The Morgan fingerprint density at radius 1 is 1.20 bits per heavy atom. The SMILES string of the molecule is N#Cc1cc(-c2oc(C(=O)N3CCNC(=O)C3)cc2-c2cccc(Cl)c2)ccc1F. The van der Waals surface area contributed by atoms with Crippen LogP contribution in [0.4, 0.5) is 4.39 Å². The van der Waals surface area contributed by atoms with E-state index in [0.717, 1.165) is 0 Å². The normalized spacial score (nSPS) is 13.6. The van der Waals surface area contributed by atoms with Gasteiger partial charge in [-0.25, -0.2) is 4.39 Å². The van der Waals surface area contributed by atoms with Gasteiger partial charge in [0, 0.05) is 29.2 Å². The average molecular weight is 424 g/mol. The van der Waals surface area contributed by atoms with Crippen LogP contribution in [0.2, 0.25) is 5.02 Å². The van der Waals surface area contributed by atoms with Crippen molar-refractivity contribution < 1.29 is 18.4 Å². The number of carbonyl (C=O) groups excluding carboxylic acids is 2. The van der Waals surface area contributed by atoms with E-state index in [1.165, 1.54) is 23.1 Å². The number of hydrogen-bond acceptors (Lipinski definition) is 4. The van der Waals surface area contributed by atoms with Gasteiger partial charge in [0.15, 0.2) is 5.76 Å². The third-order valence-corrected chi connectivity index (χ3v) is 4.99. The fraction of sp³-hybridized carbons (Fsp3) is 0.136. The van der Waals surface area contributed by atoms with E-state index >= 15 is 0 Å². The van der Waals surface area contributed by atoms with Crippen molar-refractivity contribution in [2.75, 3.05) is 19.6 Å². The minimum atomic E-state index is -0.646. The topological polar surface area (TPSA) is 86.3 Å². The number of rotatable bonds is 3. The van der Waals surface area contributed by atoms with E-state index in [1.54, 1.807) is 36.4 Å². The largest absolute Gasteiger partial charge is 0.450 e. The molecule has 0 saturated carbocycles. The van der Waals surface area contributed by atoms with Crippen molar-refractivity contribution in [2.45, 2.75) is 0 Å². The smallest absolute Gasteiger partial charge is 0.290 e. The maximum Gasteiger partial charge on any atom is 0.290 e. The number of furan rings is 1. The lowest BCUT2D eigenvalue weighted by atomic mass is 10.0. The predicted octanol–water partition coefficient (Wildman–Crippen LogP) is 3.85. The van der Waals surface area contributed by atoms with Crippen molar-refractivity contribution in [1.29, 1.82) is 5.26 Å². The van der Waals surface area contributed by atoms with E-state index in [0.29, 0.717) is 40.6 Å². The van der Waals surface area contributed by atoms with Gasteiger partial charge in [0.25, 0.3) is 5.91 Å². The summed E-state index contributed by atoms with van der Waals surface area (Å²) in [5, 5.41) is 12.3. The molecule has 0 spiro atoms. The zero-order valence-electron chi connectivity index (χ0n) is 15.6. The number of benzene rings is 2. The summed E-state index contributed by atoms with van der Waals surface area (Å²) < 4.78 is 19.7. The molecule has 4 rings (SSSR count). The molecular formula is C22H15ClFN3O3. The first-order valence-electron chi connectivity index (χ1n) is 9.12. The molecule has 0 aliphatic carbocycles. The minimum absolute atomic E-state index is 0.0394. The molecule has 1 saturated heterocycles. The fourth-order valence-electron chi connectivity index (χ4n) is 3.30. The molecule has 2 amide bonds. The summed E-state index contributed by atoms with van der Waals surface area (Å²) in [6, 6.07) is 14.4. The molecule has 30 heavy (non-hydrogen) atoms. The monoisotopic (exact) mass is 423 g/mol. The predicted molar refractivity (Wildman–Crippen MR) is 108 cm³/mol. The average Bonchev–Trinajstić information content (AvgIpc) is 3.19. The molecule has 3 aromatic rings. The molecule has 1 fully saturated rings. The van der Waals surface area contributed by atoms with E-state index in [2.05, 4.69) is 5.32 Å². The van der Waals surface area contributed by atoms with Gasteiger partial charge in [-0.1, -0.05) is 23.7 Å². The number of carbonyl (C=O) groups is 2. The number of amides is 2. The van der Waals surface area contributed by atoms with Crippen LogP contribution in [0.15, 0.2) is 52.9 Å². The lowest BCUT2D eigenvalue weighted by Gasteiger charge is -2.25. The summed E-state index contributed by atoms with van der Waals surface area (Å²) in [6.07, 6.45) is 0.